The number of nitrogens with two attached hydrogens (primary N) is 1. The molecule has 112 valence electrons. The van der Waals surface area contributed by atoms with Crippen molar-refractivity contribution in [1.82, 2.24) is 9.80 Å². The largest absolute Gasteiger partial charge is 0.397 e. The lowest BCUT2D eigenvalue weighted by molar-refractivity contribution is 0.0993. The molecule has 0 atom stereocenters. The molecule has 1 fully saturated rings. The fourth-order valence-corrected chi connectivity index (χ4v) is 3.29. The summed E-state index contributed by atoms with van der Waals surface area (Å²) in [6.07, 6.45) is 0.505. The highest BCUT2D eigenvalue weighted by Crippen LogP contribution is 2.30. The molecule has 2 heterocycles. The maximum atomic E-state index is 11.7. The third-order valence-electron chi connectivity index (χ3n) is 3.66. The van der Waals surface area contributed by atoms with Gasteiger partial charge in [0, 0.05) is 45.7 Å². The summed E-state index contributed by atoms with van der Waals surface area (Å²) >= 11 is 1.47. The molecule has 1 saturated heterocycles. The Morgan fingerprint density at radius 1 is 1.40 bits per heavy atom. The maximum absolute atomic E-state index is 11.7. The van der Waals surface area contributed by atoms with Gasteiger partial charge < -0.3 is 16.0 Å². The molecule has 20 heavy (non-hydrogen) atoms. The summed E-state index contributed by atoms with van der Waals surface area (Å²) in [6.45, 7) is 8.32. The molecule has 0 aliphatic carbocycles. The summed E-state index contributed by atoms with van der Waals surface area (Å²) in [5, 5.41) is 4.37. The number of rotatable bonds is 6. The Morgan fingerprint density at radius 2 is 2.10 bits per heavy atom. The highest BCUT2D eigenvalue weighted by molar-refractivity contribution is 7.18. The van der Waals surface area contributed by atoms with Crippen LogP contribution in [0.4, 0.5) is 10.7 Å². The van der Waals surface area contributed by atoms with Gasteiger partial charge in [0.25, 0.3) is 0 Å². The Morgan fingerprint density at radius 3 is 2.75 bits per heavy atom. The summed E-state index contributed by atoms with van der Waals surface area (Å²) < 4.78 is 0. The number of thiophene rings is 1. The van der Waals surface area contributed by atoms with Crippen LogP contribution in [0.25, 0.3) is 0 Å². The molecule has 0 amide bonds. The number of nitrogen functional groups attached to an aromatic ring is 1. The van der Waals surface area contributed by atoms with Gasteiger partial charge in [-0.15, -0.1) is 11.3 Å². The molecule has 0 saturated carbocycles. The van der Waals surface area contributed by atoms with E-state index in [1.807, 2.05) is 13.0 Å². The van der Waals surface area contributed by atoms with Crippen LogP contribution in [-0.2, 0) is 0 Å². The van der Waals surface area contributed by atoms with E-state index in [-0.39, 0.29) is 5.78 Å². The molecule has 1 aliphatic heterocycles. The molecule has 3 N–H and O–H groups in total. The van der Waals surface area contributed by atoms with Gasteiger partial charge in [0.15, 0.2) is 5.78 Å². The Hall–Kier alpha value is -1.11. The van der Waals surface area contributed by atoms with Gasteiger partial charge in [-0.05, 0) is 13.1 Å². The lowest BCUT2D eigenvalue weighted by Crippen LogP contribution is -2.45. The Balaban J connectivity index is 1.78. The number of nitrogens with one attached hydrogen (secondary N) is 1. The van der Waals surface area contributed by atoms with Crippen LogP contribution in [0.2, 0.25) is 0 Å². The molecule has 1 aromatic heterocycles. The Kier molecular flexibility index (Phi) is 5.39. The van der Waals surface area contributed by atoms with Crippen LogP contribution in [-0.4, -0.2) is 61.9 Å². The van der Waals surface area contributed by atoms with Crippen LogP contribution in [0, 0.1) is 0 Å². The molecule has 0 spiro atoms. The molecule has 1 aromatic rings. The number of hydrogen-bond donors (Lipinski definition) is 2. The minimum absolute atomic E-state index is 0.125. The molecule has 5 nitrogen and oxygen atoms in total. The van der Waals surface area contributed by atoms with Gasteiger partial charge in [-0.1, -0.05) is 6.92 Å². The van der Waals surface area contributed by atoms with Crippen LogP contribution in [0.5, 0.6) is 0 Å². The lowest BCUT2D eigenvalue weighted by atomic mass is 10.2. The zero-order valence-corrected chi connectivity index (χ0v) is 13.1. The van der Waals surface area contributed by atoms with E-state index in [9.17, 15) is 4.79 Å². The smallest absolute Gasteiger partial charge is 0.174 e. The zero-order chi connectivity index (χ0) is 14.5. The first kappa shape index (κ1) is 15.3. The SMILES string of the molecule is CCC(=O)c1sc(NCCN2CCN(C)CC2)cc1N. The van der Waals surface area contributed by atoms with Gasteiger partial charge in [-0.3, -0.25) is 9.69 Å². The number of carbonyl (C=O) groups is 1. The van der Waals surface area contributed by atoms with Crippen molar-refractivity contribution in [2.75, 3.05) is 57.4 Å². The molecule has 6 heteroatoms. The quantitative estimate of drug-likeness (QED) is 0.781. The number of carbonyl (C=O) groups excluding carboxylic acids is 1. The van der Waals surface area contributed by atoms with Crippen molar-refractivity contribution in [3.05, 3.63) is 10.9 Å². The first-order valence-electron chi connectivity index (χ1n) is 7.17. The predicted molar refractivity (Wildman–Crippen MR) is 85.8 cm³/mol. The lowest BCUT2D eigenvalue weighted by Gasteiger charge is -2.32. The number of piperazine rings is 1. The summed E-state index contributed by atoms with van der Waals surface area (Å²) in [6, 6.07) is 1.87. The molecule has 2 rings (SSSR count). The third-order valence-corrected chi connectivity index (χ3v) is 4.81. The normalized spacial score (nSPS) is 17.3. The molecule has 1 aliphatic rings. The topological polar surface area (TPSA) is 61.6 Å². The fraction of sp³-hybridized carbons (Fsp3) is 0.643. The van der Waals surface area contributed by atoms with E-state index in [0.29, 0.717) is 17.0 Å². The Labute approximate surface area is 124 Å². The highest BCUT2D eigenvalue weighted by atomic mass is 32.1. The second-order valence-electron chi connectivity index (χ2n) is 5.24. The van der Waals surface area contributed by atoms with Crippen molar-refractivity contribution in [2.45, 2.75) is 13.3 Å². The van der Waals surface area contributed by atoms with Crippen LogP contribution in [0.3, 0.4) is 0 Å². The summed E-state index contributed by atoms with van der Waals surface area (Å²) in [5.74, 6) is 0.125. The predicted octanol–water partition coefficient (Wildman–Crippen LogP) is 1.58. The van der Waals surface area contributed by atoms with Gasteiger partial charge in [0.2, 0.25) is 0 Å². The van der Waals surface area contributed by atoms with Crippen molar-refractivity contribution in [3.63, 3.8) is 0 Å². The van der Waals surface area contributed by atoms with E-state index in [1.165, 1.54) is 11.3 Å². The van der Waals surface area contributed by atoms with E-state index in [2.05, 4.69) is 22.2 Å². The van der Waals surface area contributed by atoms with Crippen LogP contribution < -0.4 is 11.1 Å². The average Bonchev–Trinajstić information content (AvgIpc) is 2.81. The standard InChI is InChI=1S/C14H24N4OS/c1-3-12(19)14-11(15)10-13(20-14)16-4-5-18-8-6-17(2)7-9-18/h10,16H,3-9,15H2,1-2H3. The van der Waals surface area contributed by atoms with Crippen molar-refractivity contribution < 1.29 is 4.79 Å². The van der Waals surface area contributed by atoms with Gasteiger partial charge >= 0.3 is 0 Å². The first-order chi connectivity index (χ1) is 9.60. The fourth-order valence-electron chi connectivity index (χ4n) is 2.28. The molecular formula is C14H24N4OS. The number of ketones is 1. The van der Waals surface area contributed by atoms with E-state index >= 15 is 0 Å². The van der Waals surface area contributed by atoms with E-state index in [4.69, 9.17) is 5.73 Å². The number of nitrogens with zero attached hydrogens (tertiary/aromatic N) is 2. The zero-order valence-electron chi connectivity index (χ0n) is 12.3. The summed E-state index contributed by atoms with van der Waals surface area (Å²) in [5.41, 5.74) is 6.48. The number of hydrogen-bond acceptors (Lipinski definition) is 6. The van der Waals surface area contributed by atoms with E-state index in [0.717, 1.165) is 44.3 Å². The Bertz CT molecular complexity index is 452. The summed E-state index contributed by atoms with van der Waals surface area (Å²) in [7, 11) is 2.16. The first-order valence-corrected chi connectivity index (χ1v) is 7.99. The third kappa shape index (κ3) is 3.94. The van der Waals surface area contributed by atoms with Gasteiger partial charge in [0.1, 0.15) is 0 Å². The van der Waals surface area contributed by atoms with Gasteiger partial charge in [0.05, 0.1) is 15.6 Å². The molecule has 0 aromatic carbocycles. The molecule has 0 radical (unpaired) electrons. The van der Waals surface area contributed by atoms with Crippen LogP contribution >= 0.6 is 11.3 Å². The van der Waals surface area contributed by atoms with Gasteiger partial charge in [-0.25, -0.2) is 0 Å². The minimum Gasteiger partial charge on any atom is -0.397 e. The highest BCUT2D eigenvalue weighted by Gasteiger charge is 2.14. The number of Topliss-reactive ketones (excluding diaryl/α,β-unsaturated/α-hetero) is 1. The maximum Gasteiger partial charge on any atom is 0.174 e. The van der Waals surface area contributed by atoms with Crippen molar-refractivity contribution in [3.8, 4) is 0 Å². The number of likely N-dealkylation sites (N-methyl/N-ethyl adjacent to an activating group) is 1. The van der Waals surface area contributed by atoms with E-state index in [1.54, 1.807) is 0 Å². The number of anilines is 2. The summed E-state index contributed by atoms with van der Waals surface area (Å²) in [4.78, 5) is 17.2. The van der Waals surface area contributed by atoms with Crippen molar-refractivity contribution >= 4 is 27.8 Å². The second kappa shape index (κ2) is 7.06. The monoisotopic (exact) mass is 296 g/mol. The second-order valence-corrected chi connectivity index (χ2v) is 6.30. The van der Waals surface area contributed by atoms with E-state index < -0.39 is 0 Å². The van der Waals surface area contributed by atoms with Crippen LogP contribution in [0.15, 0.2) is 6.07 Å². The van der Waals surface area contributed by atoms with Crippen molar-refractivity contribution in [1.29, 1.82) is 0 Å². The average molecular weight is 296 g/mol. The molecule has 0 bridgehead atoms. The molecule has 0 unspecified atom stereocenters. The minimum atomic E-state index is 0.125. The van der Waals surface area contributed by atoms with Crippen molar-refractivity contribution in [2.24, 2.45) is 0 Å². The van der Waals surface area contributed by atoms with Gasteiger partial charge in [-0.2, -0.15) is 0 Å². The van der Waals surface area contributed by atoms with Crippen LogP contribution in [0.1, 0.15) is 23.0 Å². The molecular weight excluding hydrogens is 272 g/mol.